The minimum atomic E-state index is 0.426. The molecule has 0 fully saturated rings. The molecule has 0 aromatic rings. The van der Waals surface area contributed by atoms with E-state index in [4.69, 9.17) is 11.6 Å². The molecule has 3 N–H and O–H groups in total. The van der Waals surface area contributed by atoms with Crippen LogP contribution < -0.4 is 5.73 Å². The lowest BCUT2D eigenvalue weighted by atomic mass is 10.6. The lowest BCUT2D eigenvalue weighted by molar-refractivity contribution is -0.349. The highest BCUT2D eigenvalue weighted by Crippen LogP contribution is 1.63. The highest BCUT2D eigenvalue weighted by atomic mass is 35.5. The molecule has 0 spiro atoms. The molecule has 0 amide bonds. The van der Waals surface area contributed by atoms with Crippen molar-refractivity contribution < 1.29 is 5.73 Å². The van der Waals surface area contributed by atoms with Crippen LogP contribution in [0.4, 0.5) is 0 Å². The molecule has 0 aliphatic heterocycles. The van der Waals surface area contributed by atoms with Gasteiger partial charge in [-0.3, -0.25) is 0 Å². The van der Waals surface area contributed by atoms with E-state index < -0.39 is 0 Å². The average molecular weight is 105 g/mol. The van der Waals surface area contributed by atoms with Crippen molar-refractivity contribution in [3.05, 3.63) is 0 Å². The van der Waals surface area contributed by atoms with Crippen molar-refractivity contribution in [2.24, 2.45) is 0 Å². The summed E-state index contributed by atoms with van der Waals surface area (Å²) in [5.41, 5.74) is 3.49. The molecular formula is C4H7ClN+. The first kappa shape index (κ1) is 5.81. The predicted molar refractivity (Wildman–Crippen MR) is 26.3 cm³/mol. The lowest BCUT2D eigenvalue weighted by Crippen LogP contribution is -2.49. The number of quaternary nitrogens is 1. The van der Waals surface area contributed by atoms with Crippen molar-refractivity contribution in [3.8, 4) is 11.8 Å². The second kappa shape index (κ2) is 4.81. The van der Waals surface area contributed by atoms with Gasteiger partial charge in [0.2, 0.25) is 0 Å². The van der Waals surface area contributed by atoms with Gasteiger partial charge in [-0.15, -0.1) is 11.6 Å². The van der Waals surface area contributed by atoms with E-state index in [2.05, 4.69) is 17.6 Å². The summed E-state index contributed by atoms with van der Waals surface area (Å²) in [4.78, 5) is 0. The SMILES string of the molecule is [NH3+]CC#CCCl. The zero-order valence-corrected chi connectivity index (χ0v) is 4.26. The van der Waals surface area contributed by atoms with Gasteiger partial charge in [-0.2, -0.15) is 0 Å². The van der Waals surface area contributed by atoms with Crippen LogP contribution in [0, 0.1) is 11.8 Å². The summed E-state index contributed by atoms with van der Waals surface area (Å²) in [5.74, 6) is 5.78. The topological polar surface area (TPSA) is 27.6 Å². The van der Waals surface area contributed by atoms with Gasteiger partial charge in [0.1, 0.15) is 6.54 Å². The molecule has 0 saturated heterocycles. The number of alkyl halides is 1. The Bertz CT molecular complexity index is 61.4. The van der Waals surface area contributed by atoms with E-state index in [1.807, 2.05) is 0 Å². The maximum atomic E-state index is 5.18. The average Bonchev–Trinajstić information content (AvgIpc) is 1.61. The first-order chi connectivity index (χ1) is 2.91. The van der Waals surface area contributed by atoms with Crippen molar-refractivity contribution in [1.29, 1.82) is 0 Å². The van der Waals surface area contributed by atoms with Gasteiger partial charge in [0.15, 0.2) is 0 Å². The molecule has 0 saturated carbocycles. The van der Waals surface area contributed by atoms with Crippen molar-refractivity contribution >= 4 is 11.6 Å². The van der Waals surface area contributed by atoms with E-state index in [1.165, 1.54) is 0 Å². The lowest BCUT2D eigenvalue weighted by Gasteiger charge is -1.63. The molecule has 0 aromatic heterocycles. The Morgan fingerprint density at radius 1 is 1.50 bits per heavy atom. The van der Waals surface area contributed by atoms with E-state index in [0.29, 0.717) is 12.4 Å². The molecule has 0 aliphatic rings. The van der Waals surface area contributed by atoms with Crippen LogP contribution >= 0.6 is 11.6 Å². The van der Waals surface area contributed by atoms with Crippen LogP contribution in [0.15, 0.2) is 0 Å². The van der Waals surface area contributed by atoms with Gasteiger partial charge in [-0.25, -0.2) is 0 Å². The fourth-order valence-corrected chi connectivity index (χ4v) is 0.230. The van der Waals surface area contributed by atoms with Crippen molar-refractivity contribution in [1.82, 2.24) is 0 Å². The largest absolute Gasteiger partial charge is 0.347 e. The van der Waals surface area contributed by atoms with E-state index in [-0.39, 0.29) is 0 Å². The maximum absolute atomic E-state index is 5.18. The summed E-state index contributed by atoms with van der Waals surface area (Å²) in [6, 6.07) is 0. The van der Waals surface area contributed by atoms with Crippen LogP contribution in [-0.2, 0) is 0 Å². The molecule has 2 heteroatoms. The Morgan fingerprint density at radius 3 is 2.33 bits per heavy atom. The normalized spacial score (nSPS) is 6.33. The van der Waals surface area contributed by atoms with Crippen LogP contribution in [0.2, 0.25) is 0 Å². The summed E-state index contributed by atoms with van der Waals surface area (Å²) < 4.78 is 0. The molecule has 0 rings (SSSR count). The second-order valence-corrected chi connectivity index (χ2v) is 1.00. The van der Waals surface area contributed by atoms with Gasteiger partial charge in [0.05, 0.1) is 5.88 Å². The Balaban J connectivity index is 2.90. The van der Waals surface area contributed by atoms with Gasteiger partial charge in [0, 0.05) is 0 Å². The highest BCUT2D eigenvalue weighted by Gasteiger charge is 1.59. The molecule has 0 unspecified atom stereocenters. The Labute approximate surface area is 42.5 Å². The van der Waals surface area contributed by atoms with Crippen LogP contribution in [0.3, 0.4) is 0 Å². The van der Waals surface area contributed by atoms with Crippen molar-refractivity contribution in [2.45, 2.75) is 0 Å². The molecule has 0 aliphatic carbocycles. The Morgan fingerprint density at radius 2 is 2.17 bits per heavy atom. The Kier molecular flexibility index (Phi) is 4.66. The third-order valence-electron chi connectivity index (χ3n) is 0.317. The van der Waals surface area contributed by atoms with E-state index in [1.54, 1.807) is 0 Å². The molecular weight excluding hydrogens is 97.5 g/mol. The van der Waals surface area contributed by atoms with Gasteiger partial charge >= 0.3 is 0 Å². The molecule has 0 aromatic carbocycles. The zero-order valence-electron chi connectivity index (χ0n) is 3.50. The summed E-state index contributed by atoms with van der Waals surface area (Å²) in [7, 11) is 0. The molecule has 0 bridgehead atoms. The molecule has 0 heterocycles. The van der Waals surface area contributed by atoms with Crippen LogP contribution in [-0.4, -0.2) is 12.4 Å². The summed E-state index contributed by atoms with van der Waals surface area (Å²) in [5, 5.41) is 0. The van der Waals surface area contributed by atoms with E-state index in [0.717, 1.165) is 0 Å². The van der Waals surface area contributed by atoms with Crippen LogP contribution in [0.25, 0.3) is 0 Å². The standard InChI is InChI=1S/C4H6ClN/c5-3-1-2-4-6/h3-4,6H2/p+1. The first-order valence-corrected chi connectivity index (χ1v) is 2.26. The highest BCUT2D eigenvalue weighted by molar-refractivity contribution is 6.19. The summed E-state index contributed by atoms with van der Waals surface area (Å²) >= 11 is 5.18. The fraction of sp³-hybridized carbons (Fsp3) is 0.500. The number of halogens is 1. The summed E-state index contributed by atoms with van der Waals surface area (Å²) in [6.45, 7) is 0.659. The first-order valence-electron chi connectivity index (χ1n) is 1.72. The number of rotatable bonds is 0. The van der Waals surface area contributed by atoms with E-state index in [9.17, 15) is 0 Å². The quantitative estimate of drug-likeness (QED) is 0.316. The van der Waals surface area contributed by atoms with Crippen molar-refractivity contribution in [2.75, 3.05) is 12.4 Å². The number of hydrogen-bond acceptors (Lipinski definition) is 0. The van der Waals surface area contributed by atoms with Crippen LogP contribution in [0.5, 0.6) is 0 Å². The molecule has 0 atom stereocenters. The predicted octanol–water partition coefficient (Wildman–Crippen LogP) is -0.529. The fourth-order valence-electron chi connectivity index (χ4n) is 0.136. The van der Waals surface area contributed by atoms with Gasteiger partial charge < -0.3 is 5.73 Å². The van der Waals surface area contributed by atoms with E-state index >= 15 is 0 Å². The molecule has 0 radical (unpaired) electrons. The number of hydrogen-bond donors (Lipinski definition) is 1. The minimum Gasteiger partial charge on any atom is -0.347 e. The second-order valence-electron chi connectivity index (χ2n) is 0.737. The molecule has 34 valence electrons. The van der Waals surface area contributed by atoms with Crippen molar-refractivity contribution in [3.63, 3.8) is 0 Å². The van der Waals surface area contributed by atoms with Crippen LogP contribution in [0.1, 0.15) is 0 Å². The van der Waals surface area contributed by atoms with Gasteiger partial charge in [-0.05, 0) is 5.92 Å². The van der Waals surface area contributed by atoms with Gasteiger partial charge in [0.25, 0.3) is 0 Å². The zero-order chi connectivity index (χ0) is 4.83. The smallest absolute Gasteiger partial charge is 0.136 e. The third-order valence-corrected chi connectivity index (χ3v) is 0.450. The molecule has 1 nitrogen and oxygen atoms in total. The summed E-state index contributed by atoms with van der Waals surface area (Å²) in [6.07, 6.45) is 0. The Hall–Kier alpha value is -0.190. The third kappa shape index (κ3) is 3.81. The monoisotopic (exact) mass is 104 g/mol. The maximum Gasteiger partial charge on any atom is 0.136 e. The van der Waals surface area contributed by atoms with Gasteiger partial charge in [-0.1, -0.05) is 5.92 Å². The molecule has 6 heavy (non-hydrogen) atoms. The minimum absolute atomic E-state index is 0.426.